The van der Waals surface area contributed by atoms with Crippen LogP contribution in [0.4, 0.5) is 24.5 Å². The van der Waals surface area contributed by atoms with Crippen LogP contribution in [0.25, 0.3) is 11.1 Å². The normalized spacial score (nSPS) is 14.4. The van der Waals surface area contributed by atoms with Gasteiger partial charge in [-0.1, -0.05) is 24.3 Å². The van der Waals surface area contributed by atoms with Crippen LogP contribution in [-0.2, 0) is 30.0 Å². The van der Waals surface area contributed by atoms with E-state index in [4.69, 9.17) is 36.4 Å². The van der Waals surface area contributed by atoms with Crippen molar-refractivity contribution in [1.29, 1.82) is 5.26 Å². The molecule has 3 aromatic carbocycles. The quantitative estimate of drug-likeness (QED) is 0.122. The molecule has 0 N–H and O–H groups in total. The summed E-state index contributed by atoms with van der Waals surface area (Å²) in [6, 6.07) is 19.4. The van der Waals surface area contributed by atoms with Crippen LogP contribution in [0.5, 0.6) is 5.75 Å². The number of alkyl halides is 3. The van der Waals surface area contributed by atoms with Crippen molar-refractivity contribution in [3.05, 3.63) is 77.9 Å². The van der Waals surface area contributed by atoms with Gasteiger partial charge in [0, 0.05) is 5.69 Å². The van der Waals surface area contributed by atoms with Crippen LogP contribution in [0.3, 0.4) is 0 Å². The van der Waals surface area contributed by atoms with Crippen molar-refractivity contribution in [2.75, 3.05) is 49.4 Å². The molecule has 0 aromatic heterocycles. The summed E-state index contributed by atoms with van der Waals surface area (Å²) in [5.41, 5.74) is -0.554. The molecule has 13 heteroatoms. The van der Waals surface area contributed by atoms with Crippen molar-refractivity contribution in [2.45, 2.75) is 32.5 Å². The zero-order valence-electron chi connectivity index (χ0n) is 25.4. The number of hydrogen-bond donors (Lipinski definition) is 0. The Hall–Kier alpha value is -4.51. The standard InChI is InChI=1S/C33H32F3N3O6S/c1-4-44-29(40)21-43-16-15-42-17-18-45-27-13-8-23(9-14-27)22-5-10-25(11-6-22)39-31(46)38(30(41)32(39,2)3)26-12-7-24(20-37)28(19-26)33(34,35)36/h5-14,19H,4,15-18,21H2,1-3H3. The summed E-state index contributed by atoms with van der Waals surface area (Å²) in [6.07, 6.45) is -4.78. The summed E-state index contributed by atoms with van der Waals surface area (Å²) in [7, 11) is 0. The van der Waals surface area contributed by atoms with E-state index in [0.717, 1.165) is 28.2 Å². The van der Waals surface area contributed by atoms with Gasteiger partial charge in [-0.3, -0.25) is 9.69 Å². The number of thiocarbonyl (C=S) groups is 1. The number of nitrogens with zero attached hydrogens (tertiary/aromatic N) is 3. The highest BCUT2D eigenvalue weighted by molar-refractivity contribution is 7.81. The van der Waals surface area contributed by atoms with E-state index in [2.05, 4.69) is 0 Å². The van der Waals surface area contributed by atoms with E-state index in [-0.39, 0.29) is 24.0 Å². The zero-order chi connectivity index (χ0) is 33.5. The summed E-state index contributed by atoms with van der Waals surface area (Å²) >= 11 is 5.62. The number of benzene rings is 3. The van der Waals surface area contributed by atoms with Gasteiger partial charge in [0.05, 0.1) is 49.3 Å². The molecule has 242 valence electrons. The van der Waals surface area contributed by atoms with E-state index in [9.17, 15) is 22.8 Å². The second-order valence-corrected chi connectivity index (χ2v) is 10.9. The van der Waals surface area contributed by atoms with Crippen molar-refractivity contribution in [3.8, 4) is 22.9 Å². The fraction of sp³-hybridized carbons (Fsp3) is 0.333. The van der Waals surface area contributed by atoms with Gasteiger partial charge in [-0.2, -0.15) is 18.4 Å². The maximum atomic E-state index is 13.6. The lowest BCUT2D eigenvalue weighted by atomic mass is 10.0. The number of carbonyl (C=O) groups is 2. The lowest BCUT2D eigenvalue weighted by molar-refractivity contribution is -0.149. The van der Waals surface area contributed by atoms with Crippen LogP contribution >= 0.6 is 12.2 Å². The number of rotatable bonds is 13. The third-order valence-electron chi connectivity index (χ3n) is 7.06. The second kappa shape index (κ2) is 14.7. The molecule has 1 heterocycles. The molecule has 1 aliphatic heterocycles. The Bertz CT molecular complexity index is 1600. The number of halogens is 3. The van der Waals surface area contributed by atoms with Gasteiger partial charge in [-0.25, -0.2) is 4.79 Å². The number of nitriles is 1. The summed E-state index contributed by atoms with van der Waals surface area (Å²) in [6.45, 7) is 6.47. The van der Waals surface area contributed by atoms with Crippen LogP contribution < -0.4 is 14.5 Å². The third-order valence-corrected chi connectivity index (χ3v) is 7.43. The lowest BCUT2D eigenvalue weighted by Crippen LogP contribution is -2.44. The highest BCUT2D eigenvalue weighted by atomic mass is 32.1. The van der Waals surface area contributed by atoms with Crippen molar-refractivity contribution in [2.24, 2.45) is 0 Å². The van der Waals surface area contributed by atoms with E-state index in [0.29, 0.717) is 37.9 Å². The van der Waals surface area contributed by atoms with Gasteiger partial charge in [-0.15, -0.1) is 0 Å². The number of hydrogen-bond acceptors (Lipinski definition) is 8. The van der Waals surface area contributed by atoms with Crippen molar-refractivity contribution in [3.63, 3.8) is 0 Å². The molecule has 0 aliphatic carbocycles. The molecule has 3 aromatic rings. The van der Waals surface area contributed by atoms with E-state index in [1.807, 2.05) is 36.4 Å². The Kier molecular flexibility index (Phi) is 11.0. The maximum Gasteiger partial charge on any atom is 0.417 e. The van der Waals surface area contributed by atoms with Crippen LogP contribution in [0.2, 0.25) is 0 Å². The molecule has 1 saturated heterocycles. The van der Waals surface area contributed by atoms with E-state index in [1.54, 1.807) is 43.9 Å². The molecule has 1 aliphatic rings. The van der Waals surface area contributed by atoms with E-state index < -0.39 is 34.7 Å². The highest BCUT2D eigenvalue weighted by Crippen LogP contribution is 2.40. The minimum Gasteiger partial charge on any atom is -0.491 e. The van der Waals surface area contributed by atoms with E-state index in [1.165, 1.54) is 6.07 Å². The van der Waals surface area contributed by atoms with Gasteiger partial charge >= 0.3 is 12.1 Å². The number of amides is 1. The molecule has 9 nitrogen and oxygen atoms in total. The predicted molar refractivity (Wildman–Crippen MR) is 168 cm³/mol. The Morgan fingerprint density at radius 2 is 1.50 bits per heavy atom. The van der Waals surface area contributed by atoms with E-state index >= 15 is 0 Å². The summed E-state index contributed by atoms with van der Waals surface area (Å²) in [5.74, 6) is -0.257. The molecule has 0 bridgehead atoms. The Labute approximate surface area is 270 Å². The van der Waals surface area contributed by atoms with Gasteiger partial charge in [0.2, 0.25) is 0 Å². The average molecular weight is 656 g/mol. The SMILES string of the molecule is CCOC(=O)COCCOCCOc1ccc(-c2ccc(N3C(=S)N(c4ccc(C#N)c(C(F)(F)F)c4)C(=O)C3(C)C)cc2)cc1. The smallest absolute Gasteiger partial charge is 0.417 e. The second-order valence-electron chi connectivity index (χ2n) is 10.5. The van der Waals surface area contributed by atoms with Crippen LogP contribution in [-0.4, -0.2) is 62.2 Å². The number of carbonyl (C=O) groups excluding carboxylic acids is 2. The monoisotopic (exact) mass is 655 g/mol. The first-order chi connectivity index (χ1) is 21.9. The first-order valence-corrected chi connectivity index (χ1v) is 14.7. The first-order valence-electron chi connectivity index (χ1n) is 14.3. The molecule has 46 heavy (non-hydrogen) atoms. The molecule has 0 atom stereocenters. The fourth-order valence-corrected chi connectivity index (χ4v) is 5.32. The van der Waals surface area contributed by atoms with Gasteiger partial charge in [-0.05, 0) is 86.6 Å². The summed E-state index contributed by atoms with van der Waals surface area (Å²) in [5, 5.41) is 9.17. The largest absolute Gasteiger partial charge is 0.491 e. The Morgan fingerprint density at radius 3 is 2.11 bits per heavy atom. The van der Waals surface area contributed by atoms with Gasteiger partial charge in [0.15, 0.2) is 5.11 Å². The van der Waals surface area contributed by atoms with Crippen molar-refractivity contribution >= 4 is 40.6 Å². The number of esters is 1. The molecular weight excluding hydrogens is 623 g/mol. The Balaban J connectivity index is 1.36. The molecule has 0 spiro atoms. The average Bonchev–Trinajstić information content (AvgIpc) is 3.20. The van der Waals surface area contributed by atoms with Gasteiger partial charge in [0.25, 0.3) is 5.91 Å². The maximum absolute atomic E-state index is 13.6. The number of anilines is 2. The third kappa shape index (κ3) is 7.82. The molecule has 1 fully saturated rings. The molecule has 1 amide bonds. The molecule has 0 saturated carbocycles. The van der Waals surface area contributed by atoms with Gasteiger partial charge < -0.3 is 23.8 Å². The van der Waals surface area contributed by atoms with Crippen molar-refractivity contribution in [1.82, 2.24) is 0 Å². The predicted octanol–water partition coefficient (Wildman–Crippen LogP) is 6.14. The van der Waals surface area contributed by atoms with Crippen molar-refractivity contribution < 1.29 is 41.7 Å². The summed E-state index contributed by atoms with van der Waals surface area (Å²) < 4.78 is 61.9. The first kappa shape index (κ1) is 34.4. The minimum atomic E-state index is -4.78. The minimum absolute atomic E-state index is 0.0234. The summed E-state index contributed by atoms with van der Waals surface area (Å²) in [4.78, 5) is 27.3. The topological polar surface area (TPSA) is 101 Å². The molecule has 0 unspecified atom stereocenters. The molecule has 4 rings (SSSR count). The lowest BCUT2D eigenvalue weighted by Gasteiger charge is -2.29. The van der Waals surface area contributed by atoms with Gasteiger partial charge in [0.1, 0.15) is 24.5 Å². The zero-order valence-corrected chi connectivity index (χ0v) is 26.2. The van der Waals surface area contributed by atoms with Crippen LogP contribution in [0.15, 0.2) is 66.7 Å². The van der Waals surface area contributed by atoms with Crippen LogP contribution in [0, 0.1) is 11.3 Å². The highest BCUT2D eigenvalue weighted by Gasteiger charge is 2.50. The number of ether oxygens (including phenoxy) is 4. The Morgan fingerprint density at radius 1 is 0.913 bits per heavy atom. The molecular formula is C33H32F3N3O6S. The fourth-order valence-electron chi connectivity index (χ4n) is 4.80. The molecule has 0 radical (unpaired) electrons. The van der Waals surface area contributed by atoms with Crippen LogP contribution in [0.1, 0.15) is 31.9 Å².